The van der Waals surface area contributed by atoms with Crippen LogP contribution < -0.4 is 0 Å². The van der Waals surface area contributed by atoms with Gasteiger partial charge in [0.2, 0.25) is 5.91 Å². The van der Waals surface area contributed by atoms with Crippen LogP contribution in [0.25, 0.3) is 10.9 Å². The summed E-state index contributed by atoms with van der Waals surface area (Å²) >= 11 is 0. The largest absolute Gasteiger partial charge is 0.339 e. The Balaban J connectivity index is 1.87. The smallest absolute Gasteiger partial charge is 0.227 e. The number of likely N-dealkylation sites (N-methyl/N-ethyl adjacent to an activating group) is 1. The molecule has 0 bridgehead atoms. The fourth-order valence-electron chi connectivity index (χ4n) is 3.28. The zero-order valence-corrected chi connectivity index (χ0v) is 15.3. The predicted octanol–water partition coefficient (Wildman–Crippen LogP) is 4.61. The SMILES string of the molecule is Cc1nc2ccccc2c(C)c1CC(=O)N(C)C(C)c1ccccc1. The molecule has 0 fully saturated rings. The van der Waals surface area contributed by atoms with Crippen molar-refractivity contribution < 1.29 is 4.79 Å². The Morgan fingerprint density at radius 2 is 1.68 bits per heavy atom. The van der Waals surface area contributed by atoms with Crippen molar-refractivity contribution in [3.8, 4) is 0 Å². The van der Waals surface area contributed by atoms with Gasteiger partial charge in [0.15, 0.2) is 0 Å². The van der Waals surface area contributed by atoms with Gasteiger partial charge in [-0.1, -0.05) is 48.5 Å². The number of para-hydroxylation sites is 1. The second kappa shape index (κ2) is 7.06. The second-order valence-electron chi connectivity index (χ2n) is 6.59. The number of aromatic nitrogens is 1. The first kappa shape index (κ1) is 17.2. The Morgan fingerprint density at radius 1 is 1.04 bits per heavy atom. The molecule has 0 saturated carbocycles. The third-order valence-electron chi connectivity index (χ3n) is 5.07. The molecule has 2 aromatic carbocycles. The highest BCUT2D eigenvalue weighted by Gasteiger charge is 2.20. The van der Waals surface area contributed by atoms with Gasteiger partial charge in [-0.15, -0.1) is 0 Å². The molecule has 0 saturated heterocycles. The lowest BCUT2D eigenvalue weighted by Crippen LogP contribution is -2.31. The van der Waals surface area contributed by atoms with Crippen LogP contribution in [-0.4, -0.2) is 22.8 Å². The van der Waals surface area contributed by atoms with E-state index in [0.29, 0.717) is 6.42 Å². The Hall–Kier alpha value is -2.68. The van der Waals surface area contributed by atoms with Gasteiger partial charge in [-0.25, -0.2) is 0 Å². The third kappa shape index (κ3) is 3.41. The van der Waals surface area contributed by atoms with E-state index in [1.54, 1.807) is 0 Å². The molecule has 1 aromatic heterocycles. The summed E-state index contributed by atoms with van der Waals surface area (Å²) in [7, 11) is 1.87. The summed E-state index contributed by atoms with van der Waals surface area (Å²) < 4.78 is 0. The van der Waals surface area contributed by atoms with Crippen LogP contribution in [0.4, 0.5) is 0 Å². The first-order valence-electron chi connectivity index (χ1n) is 8.64. The summed E-state index contributed by atoms with van der Waals surface area (Å²) in [5.41, 5.74) is 5.25. The molecule has 0 aliphatic carbocycles. The summed E-state index contributed by atoms with van der Waals surface area (Å²) in [6, 6.07) is 18.3. The summed E-state index contributed by atoms with van der Waals surface area (Å²) in [6.45, 7) is 6.13. The Bertz CT molecular complexity index is 903. The monoisotopic (exact) mass is 332 g/mol. The molecule has 1 amide bonds. The number of hydrogen-bond donors (Lipinski definition) is 0. The number of nitrogens with zero attached hydrogens (tertiary/aromatic N) is 2. The Morgan fingerprint density at radius 3 is 2.40 bits per heavy atom. The van der Waals surface area contributed by atoms with Crippen molar-refractivity contribution in [3.63, 3.8) is 0 Å². The van der Waals surface area contributed by atoms with Crippen molar-refractivity contribution in [2.75, 3.05) is 7.05 Å². The topological polar surface area (TPSA) is 33.2 Å². The van der Waals surface area contributed by atoms with E-state index in [2.05, 4.69) is 37.0 Å². The van der Waals surface area contributed by atoms with Gasteiger partial charge in [0.05, 0.1) is 18.0 Å². The van der Waals surface area contributed by atoms with Crippen LogP contribution in [0.3, 0.4) is 0 Å². The number of amides is 1. The second-order valence-corrected chi connectivity index (χ2v) is 6.59. The lowest BCUT2D eigenvalue weighted by atomic mass is 9.98. The first-order valence-corrected chi connectivity index (χ1v) is 8.64. The molecule has 3 heteroatoms. The highest BCUT2D eigenvalue weighted by molar-refractivity contribution is 5.86. The third-order valence-corrected chi connectivity index (χ3v) is 5.07. The number of benzene rings is 2. The lowest BCUT2D eigenvalue weighted by Gasteiger charge is -2.26. The van der Waals surface area contributed by atoms with E-state index in [0.717, 1.165) is 33.3 Å². The lowest BCUT2D eigenvalue weighted by molar-refractivity contribution is -0.131. The average Bonchev–Trinajstić information content (AvgIpc) is 2.64. The maximum absolute atomic E-state index is 12.9. The van der Waals surface area contributed by atoms with Crippen LogP contribution in [0.15, 0.2) is 54.6 Å². The molecular weight excluding hydrogens is 308 g/mol. The van der Waals surface area contributed by atoms with Crippen molar-refractivity contribution in [2.24, 2.45) is 0 Å². The fraction of sp³-hybridized carbons (Fsp3) is 0.273. The van der Waals surface area contributed by atoms with Crippen LogP contribution in [0, 0.1) is 13.8 Å². The molecule has 1 heterocycles. The minimum atomic E-state index is 0.0442. The molecule has 1 atom stereocenters. The quantitative estimate of drug-likeness (QED) is 0.699. The van der Waals surface area contributed by atoms with Crippen molar-refractivity contribution >= 4 is 16.8 Å². The van der Waals surface area contributed by atoms with E-state index in [4.69, 9.17) is 0 Å². The molecule has 3 nitrogen and oxygen atoms in total. The maximum Gasteiger partial charge on any atom is 0.227 e. The normalized spacial score (nSPS) is 12.2. The molecular formula is C22H24N2O. The van der Waals surface area contributed by atoms with Gasteiger partial charge in [-0.05, 0) is 43.5 Å². The summed E-state index contributed by atoms with van der Waals surface area (Å²) in [4.78, 5) is 19.4. The molecule has 0 aliphatic rings. The van der Waals surface area contributed by atoms with Crippen molar-refractivity contribution in [1.29, 1.82) is 0 Å². The Labute approximate surface area is 149 Å². The van der Waals surface area contributed by atoms with Crippen molar-refractivity contribution in [3.05, 3.63) is 77.0 Å². The summed E-state index contributed by atoms with van der Waals surface area (Å²) in [6.07, 6.45) is 0.378. The fourth-order valence-corrected chi connectivity index (χ4v) is 3.28. The molecule has 0 spiro atoms. The minimum Gasteiger partial charge on any atom is -0.339 e. The highest BCUT2D eigenvalue weighted by Crippen LogP contribution is 2.25. The number of rotatable bonds is 4. The molecule has 0 aliphatic heterocycles. The van der Waals surface area contributed by atoms with E-state index in [-0.39, 0.29) is 11.9 Å². The molecule has 1 unspecified atom stereocenters. The highest BCUT2D eigenvalue weighted by atomic mass is 16.2. The van der Waals surface area contributed by atoms with Gasteiger partial charge < -0.3 is 4.90 Å². The van der Waals surface area contributed by atoms with Crippen LogP contribution in [0.2, 0.25) is 0 Å². The number of pyridine rings is 1. The standard InChI is InChI=1S/C22H24N2O/c1-15-19-12-8-9-13-21(19)23-16(2)20(15)14-22(25)24(4)17(3)18-10-6-5-7-11-18/h5-13,17H,14H2,1-4H3. The first-order chi connectivity index (χ1) is 12.0. The molecule has 25 heavy (non-hydrogen) atoms. The molecule has 0 radical (unpaired) electrons. The van der Waals surface area contributed by atoms with E-state index in [9.17, 15) is 4.79 Å². The molecule has 128 valence electrons. The number of carbonyl (C=O) groups excluding carboxylic acids is 1. The number of carbonyl (C=O) groups is 1. The van der Waals surface area contributed by atoms with Gasteiger partial charge >= 0.3 is 0 Å². The van der Waals surface area contributed by atoms with E-state index in [1.807, 2.05) is 55.3 Å². The molecule has 3 aromatic rings. The zero-order valence-electron chi connectivity index (χ0n) is 15.3. The number of aryl methyl sites for hydroxylation is 2. The summed E-state index contributed by atoms with van der Waals surface area (Å²) in [5, 5.41) is 1.12. The number of hydrogen-bond acceptors (Lipinski definition) is 2. The molecule has 3 rings (SSSR count). The number of fused-ring (bicyclic) bond motifs is 1. The van der Waals surface area contributed by atoms with Gasteiger partial charge in [-0.2, -0.15) is 0 Å². The van der Waals surface area contributed by atoms with Gasteiger partial charge in [-0.3, -0.25) is 9.78 Å². The maximum atomic E-state index is 12.9. The summed E-state index contributed by atoms with van der Waals surface area (Å²) in [5.74, 6) is 0.111. The Kier molecular flexibility index (Phi) is 4.84. The zero-order chi connectivity index (χ0) is 18.0. The van der Waals surface area contributed by atoms with E-state index >= 15 is 0 Å². The van der Waals surface area contributed by atoms with E-state index in [1.165, 1.54) is 0 Å². The van der Waals surface area contributed by atoms with Crippen LogP contribution in [-0.2, 0) is 11.2 Å². The van der Waals surface area contributed by atoms with Crippen LogP contribution in [0.5, 0.6) is 0 Å². The minimum absolute atomic E-state index is 0.0442. The van der Waals surface area contributed by atoms with Crippen molar-refractivity contribution in [2.45, 2.75) is 33.2 Å². The molecule has 0 N–H and O–H groups in total. The van der Waals surface area contributed by atoms with Gasteiger partial charge in [0, 0.05) is 18.1 Å². The van der Waals surface area contributed by atoms with Crippen LogP contribution >= 0.6 is 0 Å². The van der Waals surface area contributed by atoms with Crippen molar-refractivity contribution in [1.82, 2.24) is 9.88 Å². The van der Waals surface area contributed by atoms with E-state index < -0.39 is 0 Å². The van der Waals surface area contributed by atoms with Gasteiger partial charge in [0.1, 0.15) is 0 Å². The van der Waals surface area contributed by atoms with Gasteiger partial charge in [0.25, 0.3) is 0 Å². The average molecular weight is 332 g/mol. The van der Waals surface area contributed by atoms with Crippen LogP contribution in [0.1, 0.15) is 35.3 Å². The predicted molar refractivity (Wildman–Crippen MR) is 103 cm³/mol.